The lowest BCUT2D eigenvalue weighted by Crippen LogP contribution is -2.39. The Morgan fingerprint density at radius 3 is 2.74 bits per heavy atom. The highest BCUT2D eigenvalue weighted by Gasteiger charge is 2.09. The predicted molar refractivity (Wildman–Crippen MR) is 68.0 cm³/mol. The van der Waals surface area contributed by atoms with Gasteiger partial charge in [-0.15, -0.1) is 0 Å². The molecule has 0 aliphatic rings. The van der Waals surface area contributed by atoms with E-state index < -0.39 is 11.7 Å². The molecule has 0 radical (unpaired) electrons. The highest BCUT2D eigenvalue weighted by atomic mass is 19.1. The van der Waals surface area contributed by atoms with E-state index in [1.165, 1.54) is 18.2 Å². The molecule has 0 fully saturated rings. The van der Waals surface area contributed by atoms with Crippen LogP contribution in [0.3, 0.4) is 0 Å². The lowest BCUT2D eigenvalue weighted by Gasteiger charge is -2.10. The normalized spacial score (nSPS) is 11.7. The number of rotatable bonds is 6. The van der Waals surface area contributed by atoms with Crippen molar-refractivity contribution in [3.63, 3.8) is 0 Å². The van der Waals surface area contributed by atoms with Crippen molar-refractivity contribution in [2.75, 3.05) is 19.7 Å². The first-order valence-electron chi connectivity index (χ1n) is 5.94. The Bertz CT molecular complexity index is 451. The summed E-state index contributed by atoms with van der Waals surface area (Å²) in [6.07, 6.45) is 0. The number of aliphatic hydroxyl groups is 1. The second-order valence-electron chi connectivity index (χ2n) is 4.28. The van der Waals surface area contributed by atoms with Crippen LogP contribution in [0.4, 0.5) is 4.39 Å². The molecule has 104 valence electrons. The van der Waals surface area contributed by atoms with Gasteiger partial charge in [-0.05, 0) is 24.1 Å². The van der Waals surface area contributed by atoms with Gasteiger partial charge < -0.3 is 15.7 Å². The number of benzene rings is 1. The van der Waals surface area contributed by atoms with Crippen molar-refractivity contribution >= 4 is 11.8 Å². The van der Waals surface area contributed by atoms with Crippen LogP contribution < -0.4 is 10.6 Å². The maximum atomic E-state index is 12.9. The van der Waals surface area contributed by atoms with E-state index in [2.05, 4.69) is 10.6 Å². The van der Waals surface area contributed by atoms with Gasteiger partial charge in [-0.1, -0.05) is 13.0 Å². The van der Waals surface area contributed by atoms with E-state index in [0.717, 1.165) is 6.07 Å². The topological polar surface area (TPSA) is 78.4 Å². The lowest BCUT2D eigenvalue weighted by molar-refractivity contribution is -0.120. The summed E-state index contributed by atoms with van der Waals surface area (Å²) in [4.78, 5) is 23.0. The summed E-state index contributed by atoms with van der Waals surface area (Å²) in [5.74, 6) is -1.41. The number of hydrogen-bond acceptors (Lipinski definition) is 3. The summed E-state index contributed by atoms with van der Waals surface area (Å²) in [6, 6.07) is 5.22. The smallest absolute Gasteiger partial charge is 0.251 e. The van der Waals surface area contributed by atoms with Gasteiger partial charge in [-0.2, -0.15) is 0 Å². The fourth-order valence-corrected chi connectivity index (χ4v) is 1.31. The van der Waals surface area contributed by atoms with Crippen molar-refractivity contribution in [2.24, 2.45) is 5.92 Å². The third-order valence-electron chi connectivity index (χ3n) is 2.46. The minimum atomic E-state index is -0.509. The summed E-state index contributed by atoms with van der Waals surface area (Å²) >= 11 is 0. The van der Waals surface area contributed by atoms with E-state index in [1.807, 2.05) is 0 Å². The van der Waals surface area contributed by atoms with E-state index in [-0.39, 0.29) is 30.5 Å². The fraction of sp³-hybridized carbons (Fsp3) is 0.385. The molecule has 6 heteroatoms. The number of aliphatic hydroxyl groups excluding tert-OH is 1. The largest absolute Gasteiger partial charge is 0.396 e. The molecular formula is C13H17FN2O3. The Morgan fingerprint density at radius 1 is 1.37 bits per heavy atom. The second-order valence-corrected chi connectivity index (χ2v) is 4.28. The molecule has 5 nitrogen and oxygen atoms in total. The summed E-state index contributed by atoms with van der Waals surface area (Å²) in [5.41, 5.74) is 0.163. The standard InChI is InChI=1S/C13H17FN2O3/c1-9(8-17)6-15-12(18)7-16-13(19)10-3-2-4-11(14)5-10/h2-5,9,17H,6-8H2,1H3,(H,15,18)(H,16,19). The van der Waals surface area contributed by atoms with Crippen LogP contribution >= 0.6 is 0 Å². The zero-order valence-electron chi connectivity index (χ0n) is 10.6. The van der Waals surface area contributed by atoms with Gasteiger partial charge in [0.25, 0.3) is 5.91 Å². The number of carbonyl (C=O) groups is 2. The van der Waals surface area contributed by atoms with Gasteiger partial charge in [-0.3, -0.25) is 9.59 Å². The first kappa shape index (κ1) is 15.1. The van der Waals surface area contributed by atoms with Crippen molar-refractivity contribution in [1.29, 1.82) is 0 Å². The number of halogens is 1. The van der Waals surface area contributed by atoms with Crippen molar-refractivity contribution in [3.05, 3.63) is 35.6 Å². The molecule has 1 atom stereocenters. The molecule has 1 rings (SSSR count). The number of hydrogen-bond donors (Lipinski definition) is 3. The minimum absolute atomic E-state index is 0.0179. The molecule has 2 amide bonds. The van der Waals surface area contributed by atoms with Gasteiger partial charge in [0.05, 0.1) is 6.54 Å². The zero-order valence-corrected chi connectivity index (χ0v) is 10.6. The van der Waals surface area contributed by atoms with Gasteiger partial charge in [-0.25, -0.2) is 4.39 Å². The molecular weight excluding hydrogens is 251 g/mol. The van der Waals surface area contributed by atoms with Gasteiger partial charge in [0.1, 0.15) is 5.82 Å². The molecule has 0 aliphatic heterocycles. The first-order chi connectivity index (χ1) is 9.02. The quantitative estimate of drug-likeness (QED) is 0.694. The number of amides is 2. The molecule has 19 heavy (non-hydrogen) atoms. The van der Waals surface area contributed by atoms with Crippen LogP contribution in [0.5, 0.6) is 0 Å². The van der Waals surface area contributed by atoms with Crippen LogP contribution in [0.1, 0.15) is 17.3 Å². The van der Waals surface area contributed by atoms with Gasteiger partial charge in [0.2, 0.25) is 5.91 Å². The monoisotopic (exact) mass is 268 g/mol. The van der Waals surface area contributed by atoms with Gasteiger partial charge >= 0.3 is 0 Å². The molecule has 0 saturated heterocycles. The average Bonchev–Trinajstić information content (AvgIpc) is 2.41. The van der Waals surface area contributed by atoms with Crippen molar-refractivity contribution in [1.82, 2.24) is 10.6 Å². The molecule has 0 bridgehead atoms. The van der Waals surface area contributed by atoms with Crippen LogP contribution in [0.15, 0.2) is 24.3 Å². The van der Waals surface area contributed by atoms with Gasteiger partial charge in [0, 0.05) is 18.7 Å². The molecule has 0 spiro atoms. The highest BCUT2D eigenvalue weighted by molar-refractivity contribution is 5.96. The molecule has 1 aromatic carbocycles. The third-order valence-corrected chi connectivity index (χ3v) is 2.46. The Labute approximate surface area is 110 Å². The molecule has 0 saturated carbocycles. The minimum Gasteiger partial charge on any atom is -0.396 e. The predicted octanol–water partition coefficient (Wildman–Crippen LogP) is 0.300. The van der Waals surface area contributed by atoms with Crippen molar-refractivity contribution < 1.29 is 19.1 Å². The molecule has 3 N–H and O–H groups in total. The van der Waals surface area contributed by atoms with E-state index in [4.69, 9.17) is 5.11 Å². The zero-order chi connectivity index (χ0) is 14.3. The molecule has 1 unspecified atom stereocenters. The third kappa shape index (κ3) is 5.48. The van der Waals surface area contributed by atoms with Crippen LogP contribution in [0.25, 0.3) is 0 Å². The SMILES string of the molecule is CC(CO)CNC(=O)CNC(=O)c1cccc(F)c1. The maximum absolute atomic E-state index is 12.9. The Kier molecular flexibility index (Phi) is 5.95. The van der Waals surface area contributed by atoms with Crippen molar-refractivity contribution in [2.45, 2.75) is 6.92 Å². The summed E-state index contributed by atoms with van der Waals surface area (Å²) in [7, 11) is 0. The second kappa shape index (κ2) is 7.48. The van der Waals surface area contributed by atoms with E-state index >= 15 is 0 Å². The van der Waals surface area contributed by atoms with E-state index in [0.29, 0.717) is 6.54 Å². The Balaban J connectivity index is 2.36. The summed E-state index contributed by atoms with van der Waals surface area (Å²) in [5, 5.41) is 13.7. The first-order valence-corrected chi connectivity index (χ1v) is 5.94. The Morgan fingerprint density at radius 2 is 2.11 bits per heavy atom. The fourth-order valence-electron chi connectivity index (χ4n) is 1.31. The van der Waals surface area contributed by atoms with Crippen LogP contribution in [-0.2, 0) is 4.79 Å². The van der Waals surface area contributed by atoms with Crippen LogP contribution in [0, 0.1) is 11.7 Å². The van der Waals surface area contributed by atoms with E-state index in [9.17, 15) is 14.0 Å². The Hall–Kier alpha value is -1.95. The number of carbonyl (C=O) groups excluding carboxylic acids is 2. The highest BCUT2D eigenvalue weighted by Crippen LogP contribution is 2.02. The van der Waals surface area contributed by atoms with Crippen molar-refractivity contribution in [3.8, 4) is 0 Å². The summed E-state index contributed by atoms with van der Waals surface area (Å²) in [6.45, 7) is 1.92. The maximum Gasteiger partial charge on any atom is 0.251 e. The van der Waals surface area contributed by atoms with E-state index in [1.54, 1.807) is 6.92 Å². The average molecular weight is 268 g/mol. The molecule has 0 heterocycles. The van der Waals surface area contributed by atoms with Crippen LogP contribution in [-0.4, -0.2) is 36.6 Å². The molecule has 0 aliphatic carbocycles. The van der Waals surface area contributed by atoms with Gasteiger partial charge in [0.15, 0.2) is 0 Å². The molecule has 1 aromatic rings. The molecule has 0 aromatic heterocycles. The van der Waals surface area contributed by atoms with Crippen LogP contribution in [0.2, 0.25) is 0 Å². The summed E-state index contributed by atoms with van der Waals surface area (Å²) < 4.78 is 12.9. The number of nitrogens with one attached hydrogen (secondary N) is 2. The lowest BCUT2D eigenvalue weighted by atomic mass is 10.2.